The molecular weight excluding hydrogens is 236 g/mol. The Bertz CT molecular complexity index is 283. The van der Waals surface area contributed by atoms with Crippen molar-refractivity contribution in [3.8, 4) is 0 Å². The Kier molecular flexibility index (Phi) is 6.52. The predicted molar refractivity (Wildman–Crippen MR) is 68.3 cm³/mol. The zero-order chi connectivity index (χ0) is 14.4. The summed E-state index contributed by atoms with van der Waals surface area (Å²) < 4.78 is 15.6. The Labute approximate surface area is 109 Å². The van der Waals surface area contributed by atoms with Gasteiger partial charge < -0.3 is 19.3 Å². The average molecular weight is 260 g/mol. The predicted octanol–water partition coefficient (Wildman–Crippen LogP) is 1.30. The Morgan fingerprint density at radius 3 is 2.39 bits per heavy atom. The van der Waals surface area contributed by atoms with Gasteiger partial charge in [0.15, 0.2) is 0 Å². The van der Waals surface area contributed by atoms with E-state index in [1.165, 1.54) is 0 Å². The molecule has 0 heterocycles. The third-order valence-corrected chi connectivity index (χ3v) is 2.70. The highest BCUT2D eigenvalue weighted by molar-refractivity contribution is 5.81. The number of hydrogen-bond acceptors (Lipinski definition) is 5. The van der Waals surface area contributed by atoms with E-state index in [4.69, 9.17) is 14.2 Å². The van der Waals surface area contributed by atoms with Crippen molar-refractivity contribution in [3.05, 3.63) is 12.7 Å². The van der Waals surface area contributed by atoms with Gasteiger partial charge >= 0.3 is 5.97 Å². The second-order valence-corrected chi connectivity index (χ2v) is 5.21. The second-order valence-electron chi connectivity index (χ2n) is 5.21. The van der Waals surface area contributed by atoms with Gasteiger partial charge in [-0.3, -0.25) is 0 Å². The largest absolute Gasteiger partial charge is 0.460 e. The first-order valence-corrected chi connectivity index (χ1v) is 5.81. The summed E-state index contributed by atoms with van der Waals surface area (Å²) in [5.41, 5.74) is -1.27. The summed E-state index contributed by atoms with van der Waals surface area (Å²) in [5.74, 6) is -0.568. The molecule has 0 aliphatic rings. The van der Waals surface area contributed by atoms with E-state index >= 15 is 0 Å². The zero-order valence-electron chi connectivity index (χ0n) is 11.9. The van der Waals surface area contributed by atoms with Gasteiger partial charge in [-0.2, -0.15) is 0 Å². The van der Waals surface area contributed by atoms with Gasteiger partial charge in [-0.25, -0.2) is 4.79 Å². The third-order valence-electron chi connectivity index (χ3n) is 2.70. The molecule has 0 amide bonds. The number of hydrogen-bond donors (Lipinski definition) is 1. The normalized spacial score (nSPS) is 14.1. The van der Waals surface area contributed by atoms with Crippen molar-refractivity contribution in [1.82, 2.24) is 0 Å². The van der Waals surface area contributed by atoms with E-state index in [9.17, 15) is 9.90 Å². The number of methoxy groups -OCH3 is 1. The van der Waals surface area contributed by atoms with Gasteiger partial charge in [-0.15, -0.1) is 0 Å². The summed E-state index contributed by atoms with van der Waals surface area (Å²) in [6.45, 7) is 10.7. The summed E-state index contributed by atoms with van der Waals surface area (Å²) in [6, 6.07) is 0. The topological polar surface area (TPSA) is 65.0 Å². The molecule has 0 aromatic heterocycles. The van der Waals surface area contributed by atoms with Gasteiger partial charge in [0.05, 0.1) is 17.8 Å². The number of aliphatic hydroxyl groups is 1. The highest BCUT2D eigenvalue weighted by atomic mass is 16.6. The van der Waals surface area contributed by atoms with Crippen LogP contribution in [-0.4, -0.2) is 48.7 Å². The molecule has 0 bridgehead atoms. The number of carbonyl (C=O) groups is 1. The maximum Gasteiger partial charge on any atom is 0.330 e. The van der Waals surface area contributed by atoms with Gasteiger partial charge in [-0.1, -0.05) is 6.58 Å². The Balaban J connectivity index is 4.26. The summed E-state index contributed by atoms with van der Waals surface area (Å²) in [5, 5.41) is 9.91. The van der Waals surface area contributed by atoms with Gasteiger partial charge in [0, 0.05) is 13.2 Å². The molecule has 1 N–H and O–H groups in total. The minimum atomic E-state index is -0.922. The molecule has 0 saturated heterocycles. The van der Waals surface area contributed by atoms with E-state index in [2.05, 4.69) is 6.58 Å². The maximum absolute atomic E-state index is 10.9. The lowest BCUT2D eigenvalue weighted by Gasteiger charge is -2.34. The molecule has 0 aromatic rings. The quantitative estimate of drug-likeness (QED) is 0.526. The molecule has 0 aromatic carbocycles. The molecule has 0 spiro atoms. The first-order chi connectivity index (χ1) is 8.14. The molecule has 5 heteroatoms. The molecule has 0 radical (unpaired) electrons. The van der Waals surface area contributed by atoms with Crippen molar-refractivity contribution in [3.63, 3.8) is 0 Å². The molecule has 1 atom stereocenters. The Hall–Kier alpha value is -0.910. The van der Waals surface area contributed by atoms with Crippen LogP contribution in [0.1, 0.15) is 27.7 Å². The van der Waals surface area contributed by atoms with Crippen LogP contribution in [0.25, 0.3) is 0 Å². The van der Waals surface area contributed by atoms with Crippen LogP contribution in [0.4, 0.5) is 0 Å². The van der Waals surface area contributed by atoms with Crippen LogP contribution in [0.3, 0.4) is 0 Å². The SMILES string of the molecule is C=CC(=O)OCC(O)C(C)(C)OCC(C)(C)OC. The highest BCUT2D eigenvalue weighted by Gasteiger charge is 2.32. The standard InChI is InChI=1S/C13H24O5/c1-7-11(15)17-8-10(14)13(4,5)18-9-12(2,3)16-6/h7,10,14H,1,8-9H2,2-6H3. The average Bonchev–Trinajstić information content (AvgIpc) is 2.33. The highest BCUT2D eigenvalue weighted by Crippen LogP contribution is 2.19. The van der Waals surface area contributed by atoms with Crippen molar-refractivity contribution >= 4 is 5.97 Å². The van der Waals surface area contributed by atoms with Crippen molar-refractivity contribution in [2.24, 2.45) is 0 Å². The molecule has 0 rings (SSSR count). The fraction of sp³-hybridized carbons (Fsp3) is 0.769. The van der Waals surface area contributed by atoms with Crippen molar-refractivity contribution in [2.75, 3.05) is 20.3 Å². The van der Waals surface area contributed by atoms with E-state index in [1.54, 1.807) is 21.0 Å². The summed E-state index contributed by atoms with van der Waals surface area (Å²) in [7, 11) is 1.60. The lowest BCUT2D eigenvalue weighted by atomic mass is 10.0. The Morgan fingerprint density at radius 1 is 1.39 bits per heavy atom. The maximum atomic E-state index is 10.9. The number of carbonyl (C=O) groups excluding carboxylic acids is 1. The monoisotopic (exact) mass is 260 g/mol. The van der Waals surface area contributed by atoms with Crippen molar-refractivity contribution in [1.29, 1.82) is 0 Å². The fourth-order valence-corrected chi connectivity index (χ4v) is 0.936. The van der Waals surface area contributed by atoms with Crippen LogP contribution in [-0.2, 0) is 19.0 Å². The number of aliphatic hydroxyl groups excluding tert-OH is 1. The summed E-state index contributed by atoms with van der Waals surface area (Å²) in [6.07, 6.45) is 0.128. The van der Waals surface area contributed by atoms with E-state index in [0.29, 0.717) is 6.61 Å². The van der Waals surface area contributed by atoms with Gasteiger partial charge in [0.1, 0.15) is 12.7 Å². The van der Waals surface area contributed by atoms with Crippen LogP contribution in [0.5, 0.6) is 0 Å². The first-order valence-electron chi connectivity index (χ1n) is 5.81. The van der Waals surface area contributed by atoms with Crippen LogP contribution >= 0.6 is 0 Å². The number of rotatable bonds is 8. The van der Waals surface area contributed by atoms with Crippen LogP contribution in [0, 0.1) is 0 Å². The lowest BCUT2D eigenvalue weighted by Crippen LogP contribution is -2.45. The van der Waals surface area contributed by atoms with Crippen molar-refractivity contribution < 1.29 is 24.1 Å². The molecule has 18 heavy (non-hydrogen) atoms. The molecule has 1 unspecified atom stereocenters. The van der Waals surface area contributed by atoms with E-state index in [-0.39, 0.29) is 6.61 Å². The van der Waals surface area contributed by atoms with Crippen LogP contribution in [0.2, 0.25) is 0 Å². The Morgan fingerprint density at radius 2 is 1.94 bits per heavy atom. The van der Waals surface area contributed by atoms with Gasteiger partial charge in [-0.05, 0) is 27.7 Å². The summed E-state index contributed by atoms with van der Waals surface area (Å²) in [4.78, 5) is 10.9. The van der Waals surface area contributed by atoms with Gasteiger partial charge in [0.2, 0.25) is 0 Å². The zero-order valence-corrected chi connectivity index (χ0v) is 11.9. The van der Waals surface area contributed by atoms with E-state index in [1.807, 2.05) is 13.8 Å². The molecule has 106 valence electrons. The molecule has 5 nitrogen and oxygen atoms in total. The van der Waals surface area contributed by atoms with Gasteiger partial charge in [0.25, 0.3) is 0 Å². The van der Waals surface area contributed by atoms with Crippen LogP contribution < -0.4 is 0 Å². The summed E-state index contributed by atoms with van der Waals surface area (Å²) >= 11 is 0. The molecule has 0 aliphatic heterocycles. The molecule has 0 saturated carbocycles. The third kappa shape index (κ3) is 6.14. The van der Waals surface area contributed by atoms with Crippen LogP contribution in [0.15, 0.2) is 12.7 Å². The number of esters is 1. The lowest BCUT2D eigenvalue weighted by molar-refractivity contribution is -0.166. The molecular formula is C13H24O5. The molecule has 0 fully saturated rings. The van der Waals surface area contributed by atoms with Crippen molar-refractivity contribution in [2.45, 2.75) is 45.0 Å². The van der Waals surface area contributed by atoms with E-state index in [0.717, 1.165) is 6.08 Å². The molecule has 0 aliphatic carbocycles. The minimum Gasteiger partial charge on any atom is -0.460 e. The first kappa shape index (κ1) is 17.1. The second kappa shape index (κ2) is 6.87. The smallest absolute Gasteiger partial charge is 0.330 e. The number of ether oxygens (including phenoxy) is 3. The minimum absolute atomic E-state index is 0.134. The van der Waals surface area contributed by atoms with E-state index < -0.39 is 23.3 Å². The fourth-order valence-electron chi connectivity index (χ4n) is 0.936.